The molecule has 0 saturated carbocycles. The molecule has 2 nitrogen and oxygen atoms in total. The number of carbonyl (C=O) groups is 1. The van der Waals surface area contributed by atoms with Crippen molar-refractivity contribution in [3.05, 3.63) is 35.4 Å². The fraction of sp³-hybridized carbons (Fsp3) is 0.364. The molecule has 1 rings (SSSR count). The minimum atomic E-state index is -4.38. The number of alkyl halides is 4. The third-order valence-corrected chi connectivity index (χ3v) is 2.34. The highest BCUT2D eigenvalue weighted by Gasteiger charge is 2.30. The predicted molar refractivity (Wildman–Crippen MR) is 62.2 cm³/mol. The van der Waals surface area contributed by atoms with E-state index in [4.69, 9.17) is 0 Å². The van der Waals surface area contributed by atoms with E-state index in [0.29, 0.717) is 6.54 Å². The number of nitrogens with one attached hydrogen (secondary N) is 1. The van der Waals surface area contributed by atoms with Gasteiger partial charge in [-0.15, -0.1) is 0 Å². The van der Waals surface area contributed by atoms with E-state index >= 15 is 0 Å². The van der Waals surface area contributed by atoms with Crippen LogP contribution in [0.4, 0.5) is 13.2 Å². The average molecular weight is 310 g/mol. The molecule has 1 unspecified atom stereocenters. The van der Waals surface area contributed by atoms with E-state index in [2.05, 4.69) is 21.2 Å². The Hall–Kier alpha value is -1.04. The van der Waals surface area contributed by atoms with E-state index in [-0.39, 0.29) is 16.3 Å². The van der Waals surface area contributed by atoms with Crippen molar-refractivity contribution in [2.75, 3.05) is 6.54 Å². The second kappa shape index (κ2) is 5.53. The van der Waals surface area contributed by atoms with Gasteiger partial charge in [0.1, 0.15) is 0 Å². The Balaban J connectivity index is 2.71. The summed E-state index contributed by atoms with van der Waals surface area (Å²) in [5.74, 6) is -0.384. The van der Waals surface area contributed by atoms with Gasteiger partial charge in [0.15, 0.2) is 0 Å². The van der Waals surface area contributed by atoms with Crippen LogP contribution >= 0.6 is 15.9 Å². The first kappa shape index (κ1) is 14.0. The summed E-state index contributed by atoms with van der Waals surface area (Å²) in [4.78, 5) is 11.6. The van der Waals surface area contributed by atoms with Gasteiger partial charge in [-0.2, -0.15) is 13.2 Å². The topological polar surface area (TPSA) is 29.1 Å². The maximum atomic E-state index is 12.3. The van der Waals surface area contributed by atoms with Crippen molar-refractivity contribution in [2.45, 2.75) is 17.9 Å². The third-order valence-electron chi connectivity index (χ3n) is 2.02. The molecule has 0 heterocycles. The van der Waals surface area contributed by atoms with Crippen LogP contribution in [0, 0.1) is 0 Å². The molecule has 0 saturated heterocycles. The van der Waals surface area contributed by atoms with E-state index in [1.807, 2.05) is 6.92 Å². The molecule has 0 spiro atoms. The lowest BCUT2D eigenvalue weighted by Crippen LogP contribution is -2.28. The summed E-state index contributed by atoms with van der Waals surface area (Å²) in [6.45, 7) is 2.27. The largest absolute Gasteiger partial charge is 0.416 e. The molecule has 6 heteroatoms. The molecule has 1 N–H and O–H groups in total. The molecule has 1 amide bonds. The van der Waals surface area contributed by atoms with Gasteiger partial charge in [-0.05, 0) is 24.3 Å². The number of hydrogen-bond acceptors (Lipinski definition) is 1. The van der Waals surface area contributed by atoms with E-state index < -0.39 is 11.7 Å². The quantitative estimate of drug-likeness (QED) is 0.853. The van der Waals surface area contributed by atoms with E-state index in [1.165, 1.54) is 0 Å². The van der Waals surface area contributed by atoms with Gasteiger partial charge in [-0.3, -0.25) is 4.79 Å². The van der Waals surface area contributed by atoms with Crippen molar-refractivity contribution in [1.29, 1.82) is 0 Å². The number of benzene rings is 1. The van der Waals surface area contributed by atoms with Crippen LogP contribution in [-0.2, 0) is 6.18 Å². The first-order valence-electron chi connectivity index (χ1n) is 4.90. The number of hydrogen-bond donors (Lipinski definition) is 1. The molecule has 0 aromatic heterocycles. The first-order chi connectivity index (χ1) is 7.80. The van der Waals surface area contributed by atoms with Crippen LogP contribution in [0.2, 0.25) is 0 Å². The number of rotatable bonds is 3. The van der Waals surface area contributed by atoms with Crippen LogP contribution in [0.25, 0.3) is 0 Å². The number of amides is 1. The smallest absolute Gasteiger partial charge is 0.351 e. The second-order valence-electron chi connectivity index (χ2n) is 3.57. The molecule has 94 valence electrons. The SMILES string of the molecule is CC(Br)CNC(=O)c1ccc(C(F)(F)F)cc1. The normalized spacial score (nSPS) is 13.2. The standard InChI is InChI=1S/C11H11BrF3NO/c1-7(12)6-16-10(17)8-2-4-9(5-3-8)11(13,14)15/h2-5,7H,6H2,1H3,(H,16,17). The van der Waals surface area contributed by atoms with E-state index in [9.17, 15) is 18.0 Å². The van der Waals surface area contributed by atoms with Crippen LogP contribution in [0.15, 0.2) is 24.3 Å². The van der Waals surface area contributed by atoms with Gasteiger partial charge in [0.25, 0.3) is 5.91 Å². The van der Waals surface area contributed by atoms with Crippen molar-refractivity contribution in [3.63, 3.8) is 0 Å². The van der Waals surface area contributed by atoms with Gasteiger partial charge >= 0.3 is 6.18 Å². The van der Waals surface area contributed by atoms with Crippen LogP contribution in [0.5, 0.6) is 0 Å². The molecule has 1 aromatic carbocycles. The Kier molecular flexibility index (Phi) is 4.56. The number of halogens is 4. The fourth-order valence-corrected chi connectivity index (χ4v) is 1.31. The zero-order chi connectivity index (χ0) is 13.1. The molecular formula is C11H11BrF3NO. The summed E-state index contributed by atoms with van der Waals surface area (Å²) >= 11 is 3.25. The molecule has 0 aliphatic rings. The highest BCUT2D eigenvalue weighted by molar-refractivity contribution is 9.09. The third kappa shape index (κ3) is 4.38. The van der Waals surface area contributed by atoms with Crippen molar-refractivity contribution in [1.82, 2.24) is 5.32 Å². The van der Waals surface area contributed by atoms with Crippen molar-refractivity contribution < 1.29 is 18.0 Å². The minimum Gasteiger partial charge on any atom is -0.351 e. The molecule has 0 aliphatic carbocycles. The summed E-state index contributed by atoms with van der Waals surface area (Å²) in [5, 5.41) is 2.59. The Bertz CT molecular complexity index is 387. The molecule has 1 atom stereocenters. The van der Waals surface area contributed by atoms with Gasteiger partial charge in [0.05, 0.1) is 5.56 Å². The Morgan fingerprint density at radius 2 is 1.88 bits per heavy atom. The summed E-state index contributed by atoms with van der Waals surface area (Å²) in [6.07, 6.45) is -4.38. The zero-order valence-corrected chi connectivity index (χ0v) is 10.6. The van der Waals surface area contributed by atoms with Crippen molar-refractivity contribution in [2.24, 2.45) is 0 Å². The Morgan fingerprint density at radius 1 is 1.35 bits per heavy atom. The van der Waals surface area contributed by atoms with Crippen LogP contribution in [-0.4, -0.2) is 17.3 Å². The predicted octanol–water partition coefficient (Wildman–Crippen LogP) is 3.22. The molecule has 0 radical (unpaired) electrons. The van der Waals surface area contributed by atoms with Gasteiger partial charge in [0, 0.05) is 16.9 Å². The van der Waals surface area contributed by atoms with Crippen molar-refractivity contribution in [3.8, 4) is 0 Å². The average Bonchev–Trinajstić information content (AvgIpc) is 2.25. The maximum Gasteiger partial charge on any atom is 0.416 e. The van der Waals surface area contributed by atoms with E-state index in [0.717, 1.165) is 24.3 Å². The monoisotopic (exact) mass is 309 g/mol. The minimum absolute atomic E-state index is 0.112. The second-order valence-corrected chi connectivity index (χ2v) is 5.13. The van der Waals surface area contributed by atoms with Gasteiger partial charge < -0.3 is 5.32 Å². The van der Waals surface area contributed by atoms with Gasteiger partial charge in [-0.1, -0.05) is 22.9 Å². The summed E-state index contributed by atoms with van der Waals surface area (Å²) in [7, 11) is 0. The van der Waals surface area contributed by atoms with Crippen molar-refractivity contribution >= 4 is 21.8 Å². The highest BCUT2D eigenvalue weighted by Crippen LogP contribution is 2.28. The molecule has 0 aliphatic heterocycles. The van der Waals surface area contributed by atoms with Gasteiger partial charge in [0.2, 0.25) is 0 Å². The molecular weight excluding hydrogens is 299 g/mol. The van der Waals surface area contributed by atoms with Crippen LogP contribution in [0.3, 0.4) is 0 Å². The van der Waals surface area contributed by atoms with Gasteiger partial charge in [-0.25, -0.2) is 0 Å². The Morgan fingerprint density at radius 3 is 2.29 bits per heavy atom. The van der Waals surface area contributed by atoms with E-state index in [1.54, 1.807) is 0 Å². The summed E-state index contributed by atoms with van der Waals surface area (Å²) in [5.41, 5.74) is -0.547. The maximum absolute atomic E-state index is 12.3. The zero-order valence-electron chi connectivity index (χ0n) is 9.01. The Labute approximate surface area is 105 Å². The lowest BCUT2D eigenvalue weighted by Gasteiger charge is -2.09. The molecule has 0 bridgehead atoms. The molecule has 1 aromatic rings. The van der Waals surface area contributed by atoms with Crippen LogP contribution in [0.1, 0.15) is 22.8 Å². The first-order valence-corrected chi connectivity index (χ1v) is 5.82. The lowest BCUT2D eigenvalue weighted by atomic mass is 10.1. The lowest BCUT2D eigenvalue weighted by molar-refractivity contribution is -0.137. The number of carbonyl (C=O) groups excluding carboxylic acids is 1. The summed E-state index contributed by atoms with van der Waals surface area (Å²) in [6, 6.07) is 4.12. The molecule has 0 fully saturated rings. The summed E-state index contributed by atoms with van der Waals surface area (Å²) < 4.78 is 36.8. The fourth-order valence-electron chi connectivity index (χ4n) is 1.15. The van der Waals surface area contributed by atoms with Crippen LogP contribution < -0.4 is 5.32 Å². The molecule has 17 heavy (non-hydrogen) atoms. The highest BCUT2D eigenvalue weighted by atomic mass is 79.9.